The van der Waals surface area contributed by atoms with Gasteiger partial charge in [-0.2, -0.15) is 0 Å². The van der Waals surface area contributed by atoms with Crippen molar-refractivity contribution in [2.24, 2.45) is 0 Å². The van der Waals surface area contributed by atoms with Gasteiger partial charge >= 0.3 is 0 Å². The lowest BCUT2D eigenvalue weighted by Crippen LogP contribution is -2.39. The van der Waals surface area contributed by atoms with Gasteiger partial charge < -0.3 is 14.6 Å². The van der Waals surface area contributed by atoms with E-state index in [1.165, 1.54) is 11.1 Å². The van der Waals surface area contributed by atoms with Crippen LogP contribution < -0.4 is 4.72 Å². The number of nitrogens with zero attached hydrogens (tertiary/aromatic N) is 1. The molecule has 3 unspecified atom stereocenters. The lowest BCUT2D eigenvalue weighted by atomic mass is 9.99. The fraction of sp³-hybridized carbons (Fsp3) is 0.211. The molecule has 1 aliphatic heterocycles. The summed E-state index contributed by atoms with van der Waals surface area (Å²) < 4.78 is 42.0. The molecular weight excluding hydrogens is 596 g/mol. The molecule has 1 fully saturated rings. The van der Waals surface area contributed by atoms with Gasteiger partial charge in [0.25, 0.3) is 10.0 Å². The number of aliphatic hydroxyl groups is 1. The maximum Gasteiger partial charge on any atom is 0.261 e. The van der Waals surface area contributed by atoms with Crippen molar-refractivity contribution >= 4 is 15.7 Å². The number of hydrogen-bond acceptors (Lipinski definition) is 6. The van der Waals surface area contributed by atoms with E-state index in [4.69, 9.17) is 9.47 Å². The molecule has 1 aliphatic rings. The van der Waals surface area contributed by atoms with Crippen LogP contribution in [0, 0.1) is 0 Å². The van der Waals surface area contributed by atoms with E-state index >= 15 is 0 Å². The molecule has 0 aliphatic carbocycles. The predicted molar refractivity (Wildman–Crippen MR) is 179 cm³/mol. The van der Waals surface area contributed by atoms with Gasteiger partial charge in [0, 0.05) is 37.3 Å². The molecule has 1 heterocycles. The summed E-state index contributed by atoms with van der Waals surface area (Å²) in [5.41, 5.74) is 5.41. The molecule has 0 aromatic heterocycles. The van der Waals surface area contributed by atoms with Crippen LogP contribution in [0.1, 0.15) is 46.6 Å². The molecule has 1 saturated heterocycles. The molecule has 0 amide bonds. The third kappa shape index (κ3) is 8.28. The van der Waals surface area contributed by atoms with Gasteiger partial charge in [0.1, 0.15) is 0 Å². The Bertz CT molecular complexity index is 1740. The number of aliphatic hydroxyl groups excluding tert-OH is 1. The minimum atomic E-state index is -3.77. The Labute approximate surface area is 271 Å². The van der Waals surface area contributed by atoms with Crippen LogP contribution in [0.4, 0.5) is 5.69 Å². The Hall–Kier alpha value is -4.31. The molecule has 7 nitrogen and oxygen atoms in total. The maximum absolute atomic E-state index is 13.1. The molecular formula is C38H38N2O5S. The first-order valence-corrected chi connectivity index (χ1v) is 16.9. The van der Waals surface area contributed by atoms with E-state index in [-0.39, 0.29) is 23.7 Å². The highest BCUT2D eigenvalue weighted by molar-refractivity contribution is 7.92. The molecule has 0 saturated carbocycles. The van der Waals surface area contributed by atoms with Crippen molar-refractivity contribution in [1.82, 2.24) is 4.90 Å². The van der Waals surface area contributed by atoms with E-state index in [2.05, 4.69) is 58.2 Å². The van der Waals surface area contributed by atoms with Crippen LogP contribution >= 0.6 is 0 Å². The van der Waals surface area contributed by atoms with Crippen molar-refractivity contribution in [1.29, 1.82) is 0 Å². The molecule has 3 atom stereocenters. The number of rotatable bonds is 12. The van der Waals surface area contributed by atoms with Gasteiger partial charge in [0.2, 0.25) is 0 Å². The van der Waals surface area contributed by atoms with Crippen LogP contribution in [-0.4, -0.2) is 31.1 Å². The standard InChI is InChI=1S/C38H38N2O5S/c41-28-31-19-21-32(22-20-31)37-24-35(27-40(25-29-11-4-1-5-12-29)26-30-13-6-2-7-14-30)44-38(45-37)33-15-10-16-34(23-33)39-46(42,43)36-17-8-3-9-18-36/h1-23,35,37-39,41H,24-28H2. The maximum atomic E-state index is 13.1. The van der Waals surface area contributed by atoms with Crippen molar-refractivity contribution in [3.05, 3.63) is 167 Å². The van der Waals surface area contributed by atoms with Crippen molar-refractivity contribution in [2.75, 3.05) is 11.3 Å². The molecule has 0 bridgehead atoms. The highest BCUT2D eigenvalue weighted by atomic mass is 32.2. The summed E-state index contributed by atoms with van der Waals surface area (Å²) in [4.78, 5) is 2.59. The number of ether oxygens (including phenoxy) is 2. The Balaban J connectivity index is 1.27. The Kier molecular flexibility index (Phi) is 10.2. The first-order valence-electron chi connectivity index (χ1n) is 15.4. The normalized spacial score (nSPS) is 18.3. The average molecular weight is 635 g/mol. The van der Waals surface area contributed by atoms with Gasteiger partial charge in [-0.15, -0.1) is 0 Å². The van der Waals surface area contributed by atoms with Crippen LogP contribution in [0.2, 0.25) is 0 Å². The number of nitrogens with one attached hydrogen (secondary N) is 1. The molecule has 0 radical (unpaired) electrons. The SMILES string of the molecule is O=S(=O)(Nc1cccc(C2OC(CN(Cc3ccccc3)Cc3ccccc3)CC(c3ccc(CO)cc3)O2)c1)c1ccccc1. The Morgan fingerprint density at radius 2 is 1.28 bits per heavy atom. The summed E-state index contributed by atoms with van der Waals surface area (Å²) in [7, 11) is -3.77. The van der Waals surface area contributed by atoms with E-state index in [9.17, 15) is 13.5 Å². The highest BCUT2D eigenvalue weighted by Crippen LogP contribution is 2.39. The molecule has 2 N–H and O–H groups in total. The number of hydrogen-bond donors (Lipinski definition) is 2. The zero-order valence-electron chi connectivity index (χ0n) is 25.5. The summed E-state index contributed by atoms with van der Waals surface area (Å²) in [6.07, 6.45) is -0.539. The summed E-state index contributed by atoms with van der Waals surface area (Å²) in [6, 6.07) is 44.1. The summed E-state index contributed by atoms with van der Waals surface area (Å²) in [5.74, 6) is 0. The first-order chi connectivity index (χ1) is 22.4. The molecule has 6 rings (SSSR count). The van der Waals surface area contributed by atoms with Crippen LogP contribution in [0.5, 0.6) is 0 Å². The fourth-order valence-corrected chi connectivity index (χ4v) is 6.82. The van der Waals surface area contributed by atoms with Crippen LogP contribution in [-0.2, 0) is 39.2 Å². The van der Waals surface area contributed by atoms with Gasteiger partial charge in [-0.3, -0.25) is 9.62 Å². The average Bonchev–Trinajstić information content (AvgIpc) is 3.09. The zero-order chi connectivity index (χ0) is 31.8. The zero-order valence-corrected chi connectivity index (χ0v) is 26.3. The van der Waals surface area contributed by atoms with Crippen LogP contribution in [0.25, 0.3) is 0 Å². The summed E-state index contributed by atoms with van der Waals surface area (Å²) in [6.45, 7) is 2.15. The quantitative estimate of drug-likeness (QED) is 0.151. The second kappa shape index (κ2) is 14.9. The van der Waals surface area contributed by atoms with E-state index in [1.54, 1.807) is 48.5 Å². The highest BCUT2D eigenvalue weighted by Gasteiger charge is 2.33. The topological polar surface area (TPSA) is 88.1 Å². The molecule has 236 valence electrons. The third-order valence-electron chi connectivity index (χ3n) is 8.04. The Morgan fingerprint density at radius 1 is 0.674 bits per heavy atom. The smallest absolute Gasteiger partial charge is 0.261 e. The minimum absolute atomic E-state index is 0.0280. The van der Waals surface area contributed by atoms with Crippen molar-refractivity contribution in [3.8, 4) is 0 Å². The molecule has 8 heteroatoms. The summed E-state index contributed by atoms with van der Waals surface area (Å²) in [5, 5.41) is 9.59. The summed E-state index contributed by atoms with van der Waals surface area (Å²) >= 11 is 0. The second-order valence-corrected chi connectivity index (χ2v) is 13.2. The van der Waals surface area contributed by atoms with Crippen molar-refractivity contribution in [2.45, 2.75) is 49.5 Å². The monoisotopic (exact) mass is 634 g/mol. The molecule has 46 heavy (non-hydrogen) atoms. The van der Waals surface area contributed by atoms with Gasteiger partial charge in [-0.05, 0) is 46.5 Å². The molecule has 0 spiro atoms. The van der Waals surface area contributed by atoms with Gasteiger partial charge in [0.15, 0.2) is 6.29 Å². The van der Waals surface area contributed by atoms with Crippen LogP contribution in [0.3, 0.4) is 0 Å². The first kappa shape index (κ1) is 31.7. The van der Waals surface area contributed by atoms with E-state index < -0.39 is 16.3 Å². The van der Waals surface area contributed by atoms with Gasteiger partial charge in [-0.25, -0.2) is 8.42 Å². The van der Waals surface area contributed by atoms with E-state index in [1.807, 2.05) is 42.5 Å². The molecule has 5 aromatic carbocycles. The molecule has 5 aromatic rings. The van der Waals surface area contributed by atoms with Gasteiger partial charge in [0.05, 0.1) is 23.7 Å². The lowest BCUT2D eigenvalue weighted by molar-refractivity contribution is -0.253. The minimum Gasteiger partial charge on any atom is -0.392 e. The van der Waals surface area contributed by atoms with E-state index in [0.29, 0.717) is 24.2 Å². The largest absolute Gasteiger partial charge is 0.392 e. The van der Waals surface area contributed by atoms with Gasteiger partial charge in [-0.1, -0.05) is 115 Å². The lowest BCUT2D eigenvalue weighted by Gasteiger charge is -2.38. The predicted octanol–water partition coefficient (Wildman–Crippen LogP) is 7.23. The fourth-order valence-electron chi connectivity index (χ4n) is 5.75. The van der Waals surface area contributed by atoms with E-state index in [0.717, 1.165) is 24.2 Å². The van der Waals surface area contributed by atoms with Crippen LogP contribution in [0.15, 0.2) is 144 Å². The second-order valence-electron chi connectivity index (χ2n) is 11.5. The number of anilines is 1. The number of sulfonamides is 1. The Morgan fingerprint density at radius 3 is 1.89 bits per heavy atom. The van der Waals surface area contributed by atoms with Crippen molar-refractivity contribution in [3.63, 3.8) is 0 Å². The van der Waals surface area contributed by atoms with Crippen molar-refractivity contribution < 1.29 is 23.0 Å². The third-order valence-corrected chi connectivity index (χ3v) is 9.44. The number of benzene rings is 5.